The second kappa shape index (κ2) is 13.7. The van der Waals surface area contributed by atoms with Gasteiger partial charge in [0.15, 0.2) is 17.5 Å². The Morgan fingerprint density at radius 3 is 1.44 bits per heavy atom. The van der Waals surface area contributed by atoms with Crippen molar-refractivity contribution in [2.45, 2.75) is 5.41 Å². The van der Waals surface area contributed by atoms with Crippen LogP contribution in [0.1, 0.15) is 27.8 Å². The fourth-order valence-corrected chi connectivity index (χ4v) is 9.96. The molecule has 10 aromatic rings. The number of fused-ring (bicyclic) bond motifs is 12. The van der Waals surface area contributed by atoms with E-state index in [1.54, 1.807) is 0 Å². The number of hydrogen-bond acceptors (Lipinski definition) is 4. The van der Waals surface area contributed by atoms with Crippen molar-refractivity contribution in [2.75, 3.05) is 0 Å². The van der Waals surface area contributed by atoms with E-state index in [1.807, 2.05) is 84.9 Å². The quantitative estimate of drug-likeness (QED) is 0.175. The van der Waals surface area contributed by atoms with Crippen LogP contribution in [0.25, 0.3) is 89.4 Å². The third kappa shape index (κ3) is 5.28. The summed E-state index contributed by atoms with van der Waals surface area (Å²) in [7, 11) is 0. The van der Waals surface area contributed by atoms with Crippen LogP contribution in [0.2, 0.25) is 0 Å². The number of aromatic nitrogens is 3. The van der Waals surface area contributed by atoms with Gasteiger partial charge in [0.2, 0.25) is 0 Å². The molecule has 4 heteroatoms. The maximum atomic E-state index is 9.72. The highest BCUT2D eigenvalue weighted by molar-refractivity contribution is 6.09. The van der Waals surface area contributed by atoms with E-state index in [0.717, 1.165) is 38.9 Å². The van der Waals surface area contributed by atoms with Gasteiger partial charge in [-0.3, -0.25) is 0 Å². The van der Waals surface area contributed by atoms with Crippen molar-refractivity contribution >= 4 is 10.8 Å². The first-order valence-corrected chi connectivity index (χ1v) is 20.6. The number of rotatable bonds is 5. The molecule has 0 fully saturated rings. The molecule has 0 atom stereocenters. The lowest BCUT2D eigenvalue weighted by Gasteiger charge is -2.31. The summed E-state index contributed by atoms with van der Waals surface area (Å²) >= 11 is 0. The largest absolute Gasteiger partial charge is 0.208 e. The third-order valence-electron chi connectivity index (χ3n) is 12.5. The highest BCUT2D eigenvalue weighted by Crippen LogP contribution is 2.65. The van der Waals surface area contributed by atoms with Crippen molar-refractivity contribution in [3.63, 3.8) is 0 Å². The molecule has 0 saturated carbocycles. The minimum atomic E-state index is -0.522. The summed E-state index contributed by atoms with van der Waals surface area (Å²) in [6.07, 6.45) is 0. The second-order valence-electron chi connectivity index (χ2n) is 15.8. The Morgan fingerprint density at radius 1 is 0.361 bits per heavy atom. The van der Waals surface area contributed by atoms with E-state index in [1.165, 1.54) is 55.3 Å². The van der Waals surface area contributed by atoms with Crippen molar-refractivity contribution in [3.8, 4) is 84.7 Å². The summed E-state index contributed by atoms with van der Waals surface area (Å²) in [4.78, 5) is 15.4. The normalized spacial score (nSPS) is 12.7. The molecule has 0 aliphatic heterocycles. The molecule has 1 heterocycles. The third-order valence-corrected chi connectivity index (χ3v) is 12.5. The maximum absolute atomic E-state index is 9.72. The smallest absolute Gasteiger partial charge is 0.164 e. The average Bonchev–Trinajstić information content (AvgIpc) is 3.82. The van der Waals surface area contributed by atoms with Gasteiger partial charge in [-0.05, 0) is 114 Å². The summed E-state index contributed by atoms with van der Waals surface area (Å²) < 4.78 is 0. The van der Waals surface area contributed by atoms with E-state index < -0.39 is 5.41 Å². The van der Waals surface area contributed by atoms with Gasteiger partial charge in [-0.1, -0.05) is 170 Å². The molecule has 0 amide bonds. The first-order chi connectivity index (χ1) is 30.2. The first kappa shape index (κ1) is 34.8. The van der Waals surface area contributed by atoms with Crippen LogP contribution in [0.3, 0.4) is 0 Å². The van der Waals surface area contributed by atoms with E-state index in [2.05, 4.69) is 127 Å². The van der Waals surface area contributed by atoms with Gasteiger partial charge in [0.25, 0.3) is 0 Å². The zero-order chi connectivity index (χ0) is 40.5. The molecule has 9 aromatic carbocycles. The standard InChI is InChI=1S/C57H34N4/c58-35-36-27-29-37(30-28-36)41-31-42(33-43(32-41)56-60-54(38-15-3-1-4-16-38)59-55(61-56)39-17-5-2-6-18-39)48-34-40-19-7-8-20-44(40)53-52(48)47-23-11-14-26-51(47)57(53)49-24-12-9-21-45(49)46-22-10-13-25-50(46)57/h1-34H. The highest BCUT2D eigenvalue weighted by Gasteiger charge is 2.53. The molecule has 12 rings (SSSR count). The van der Waals surface area contributed by atoms with Crippen LogP contribution in [0.4, 0.5) is 0 Å². The molecule has 0 saturated heterocycles. The SMILES string of the molecule is N#Cc1ccc(-c2cc(-c3nc(-c4ccccc4)nc(-c4ccccc4)n3)cc(-c3cc4ccccc4c4c3-c3ccccc3C43c4ccccc4-c4ccccc43)c2)cc1. The van der Waals surface area contributed by atoms with Crippen LogP contribution in [-0.4, -0.2) is 15.0 Å². The van der Waals surface area contributed by atoms with Gasteiger partial charge in [-0.25, -0.2) is 15.0 Å². The van der Waals surface area contributed by atoms with Crippen molar-refractivity contribution in [3.05, 3.63) is 234 Å². The Balaban J connectivity index is 1.18. The lowest BCUT2D eigenvalue weighted by Crippen LogP contribution is -2.26. The van der Waals surface area contributed by atoms with E-state index >= 15 is 0 Å². The highest BCUT2D eigenvalue weighted by atomic mass is 15.0. The summed E-state index contributed by atoms with van der Waals surface area (Å²) in [5.74, 6) is 1.80. The molecule has 2 aliphatic carbocycles. The molecule has 0 N–H and O–H groups in total. The number of nitrogens with zero attached hydrogens (tertiary/aromatic N) is 4. The zero-order valence-corrected chi connectivity index (χ0v) is 32.9. The predicted octanol–water partition coefficient (Wildman–Crippen LogP) is 13.6. The number of hydrogen-bond donors (Lipinski definition) is 0. The molecule has 1 aromatic heterocycles. The topological polar surface area (TPSA) is 62.5 Å². The Hall–Kier alpha value is -8.26. The molecular formula is C57H34N4. The number of nitriles is 1. The van der Waals surface area contributed by atoms with Crippen LogP contribution in [0.15, 0.2) is 206 Å². The summed E-state index contributed by atoms with van der Waals surface area (Å²) in [5.41, 5.74) is 17.2. The summed E-state index contributed by atoms with van der Waals surface area (Å²) in [6, 6.07) is 75.2. The maximum Gasteiger partial charge on any atom is 0.164 e. The monoisotopic (exact) mass is 774 g/mol. The Labute approximate surface area is 353 Å². The van der Waals surface area contributed by atoms with Crippen LogP contribution >= 0.6 is 0 Å². The van der Waals surface area contributed by atoms with Crippen LogP contribution in [0, 0.1) is 11.3 Å². The van der Waals surface area contributed by atoms with Crippen molar-refractivity contribution in [2.24, 2.45) is 0 Å². The lowest BCUT2D eigenvalue weighted by atomic mass is 9.69. The molecule has 4 nitrogen and oxygen atoms in total. The second-order valence-corrected chi connectivity index (χ2v) is 15.8. The van der Waals surface area contributed by atoms with Gasteiger partial charge < -0.3 is 0 Å². The van der Waals surface area contributed by atoms with E-state index in [-0.39, 0.29) is 0 Å². The summed E-state index contributed by atoms with van der Waals surface area (Å²) in [6.45, 7) is 0. The van der Waals surface area contributed by atoms with Crippen LogP contribution in [0.5, 0.6) is 0 Å². The van der Waals surface area contributed by atoms with Crippen molar-refractivity contribution in [1.82, 2.24) is 15.0 Å². The minimum absolute atomic E-state index is 0.522. The van der Waals surface area contributed by atoms with Gasteiger partial charge in [0, 0.05) is 16.7 Å². The minimum Gasteiger partial charge on any atom is -0.208 e. The van der Waals surface area contributed by atoms with E-state index in [9.17, 15) is 5.26 Å². The lowest BCUT2D eigenvalue weighted by molar-refractivity contribution is 0.801. The van der Waals surface area contributed by atoms with E-state index in [4.69, 9.17) is 15.0 Å². The average molecular weight is 775 g/mol. The molecule has 282 valence electrons. The van der Waals surface area contributed by atoms with Crippen LogP contribution in [-0.2, 0) is 5.41 Å². The Bertz CT molecular complexity index is 3320. The van der Waals surface area contributed by atoms with Crippen molar-refractivity contribution in [1.29, 1.82) is 5.26 Å². The van der Waals surface area contributed by atoms with Gasteiger partial charge in [0.1, 0.15) is 0 Å². The van der Waals surface area contributed by atoms with Gasteiger partial charge in [0.05, 0.1) is 17.0 Å². The summed E-state index contributed by atoms with van der Waals surface area (Å²) in [5, 5.41) is 12.1. The Morgan fingerprint density at radius 2 is 0.836 bits per heavy atom. The predicted molar refractivity (Wildman–Crippen MR) is 246 cm³/mol. The molecular weight excluding hydrogens is 741 g/mol. The fraction of sp³-hybridized carbons (Fsp3) is 0.0175. The van der Waals surface area contributed by atoms with Gasteiger partial charge >= 0.3 is 0 Å². The Kier molecular flexibility index (Phi) is 7.78. The molecule has 61 heavy (non-hydrogen) atoms. The van der Waals surface area contributed by atoms with Crippen molar-refractivity contribution < 1.29 is 0 Å². The number of benzene rings is 9. The van der Waals surface area contributed by atoms with Gasteiger partial charge in [-0.2, -0.15) is 5.26 Å². The van der Waals surface area contributed by atoms with Crippen LogP contribution < -0.4 is 0 Å². The molecule has 0 bridgehead atoms. The molecule has 0 radical (unpaired) electrons. The fourth-order valence-electron chi connectivity index (χ4n) is 9.96. The molecule has 2 aliphatic rings. The first-order valence-electron chi connectivity index (χ1n) is 20.6. The van der Waals surface area contributed by atoms with E-state index in [0.29, 0.717) is 23.0 Å². The molecule has 0 unspecified atom stereocenters. The zero-order valence-electron chi connectivity index (χ0n) is 32.9. The van der Waals surface area contributed by atoms with Gasteiger partial charge in [-0.15, -0.1) is 0 Å². The molecule has 1 spiro atoms.